The second-order valence-corrected chi connectivity index (χ2v) is 5.97. The monoisotopic (exact) mass is 360 g/mol. The number of methoxy groups -OCH3 is 1. The summed E-state index contributed by atoms with van der Waals surface area (Å²) in [5.41, 5.74) is 1.60. The summed E-state index contributed by atoms with van der Waals surface area (Å²) in [6, 6.07) is 14.2. The minimum Gasteiger partial charge on any atom is -0.496 e. The Balaban J connectivity index is 2.04. The van der Waals surface area contributed by atoms with Crippen LogP contribution in [0, 0.1) is 0 Å². The Morgan fingerprint density at radius 3 is 2.48 bits per heavy atom. The van der Waals surface area contributed by atoms with Crippen LogP contribution in [0.25, 0.3) is 0 Å². The van der Waals surface area contributed by atoms with Crippen molar-refractivity contribution in [2.75, 3.05) is 7.11 Å². The van der Waals surface area contributed by atoms with Crippen molar-refractivity contribution in [3.63, 3.8) is 0 Å². The highest BCUT2D eigenvalue weighted by Crippen LogP contribution is 2.25. The summed E-state index contributed by atoms with van der Waals surface area (Å²) in [5.74, 6) is 0.305. The van der Waals surface area contributed by atoms with Crippen molar-refractivity contribution in [1.29, 1.82) is 0 Å². The predicted molar refractivity (Wildman–Crippen MR) is 97.5 cm³/mol. The predicted octanol–water partition coefficient (Wildman–Crippen LogP) is 3.23. The summed E-state index contributed by atoms with van der Waals surface area (Å²) in [6.45, 7) is 1.76. The van der Waals surface area contributed by atoms with Crippen LogP contribution < -0.4 is 15.4 Å². The number of carbonyl (C=O) groups is 2. The first kappa shape index (κ1) is 18.8. The molecule has 2 rings (SSSR count). The lowest BCUT2D eigenvalue weighted by atomic mass is 10.0. The molecule has 132 valence electrons. The van der Waals surface area contributed by atoms with Crippen LogP contribution in [-0.2, 0) is 16.1 Å². The zero-order valence-electron chi connectivity index (χ0n) is 14.2. The number of hydrogen-bond donors (Lipinski definition) is 2. The molecule has 0 aliphatic rings. The molecule has 2 aromatic rings. The van der Waals surface area contributed by atoms with Gasteiger partial charge in [0.2, 0.25) is 11.8 Å². The van der Waals surface area contributed by atoms with Crippen LogP contribution in [0.1, 0.15) is 30.5 Å². The van der Waals surface area contributed by atoms with E-state index in [1.807, 2.05) is 30.3 Å². The smallest absolute Gasteiger partial charge is 0.222 e. The largest absolute Gasteiger partial charge is 0.496 e. The van der Waals surface area contributed by atoms with Crippen molar-refractivity contribution in [2.24, 2.45) is 0 Å². The van der Waals surface area contributed by atoms with Gasteiger partial charge in [0.25, 0.3) is 0 Å². The van der Waals surface area contributed by atoms with Crippen molar-refractivity contribution in [1.82, 2.24) is 10.6 Å². The van der Waals surface area contributed by atoms with E-state index in [1.165, 1.54) is 6.92 Å². The molecule has 0 aromatic heterocycles. The number of carbonyl (C=O) groups excluding carboxylic acids is 2. The maximum absolute atomic E-state index is 12.3. The maximum atomic E-state index is 12.3. The van der Waals surface area contributed by atoms with Crippen LogP contribution in [0.5, 0.6) is 5.75 Å². The Morgan fingerprint density at radius 2 is 1.80 bits per heavy atom. The highest BCUT2D eigenvalue weighted by molar-refractivity contribution is 6.31. The minimum atomic E-state index is -0.483. The van der Waals surface area contributed by atoms with E-state index in [-0.39, 0.29) is 18.2 Å². The molecule has 0 radical (unpaired) electrons. The third-order valence-electron chi connectivity index (χ3n) is 3.72. The van der Waals surface area contributed by atoms with Crippen molar-refractivity contribution in [3.05, 3.63) is 64.7 Å². The van der Waals surface area contributed by atoms with Crippen LogP contribution in [0.15, 0.2) is 48.5 Å². The lowest BCUT2D eigenvalue weighted by Crippen LogP contribution is -2.32. The van der Waals surface area contributed by atoms with Crippen LogP contribution in [0.3, 0.4) is 0 Å². The third kappa shape index (κ3) is 5.50. The van der Waals surface area contributed by atoms with E-state index < -0.39 is 6.04 Å². The number of rotatable bonds is 7. The molecule has 0 aliphatic heterocycles. The maximum Gasteiger partial charge on any atom is 0.222 e. The summed E-state index contributed by atoms with van der Waals surface area (Å²) >= 11 is 6.20. The van der Waals surface area contributed by atoms with Gasteiger partial charge in [-0.3, -0.25) is 9.59 Å². The van der Waals surface area contributed by atoms with Crippen LogP contribution in [0.2, 0.25) is 5.02 Å². The van der Waals surface area contributed by atoms with Gasteiger partial charge >= 0.3 is 0 Å². The minimum absolute atomic E-state index is 0.0957. The summed E-state index contributed by atoms with van der Waals surface area (Å²) in [7, 11) is 1.59. The molecule has 0 heterocycles. The summed E-state index contributed by atoms with van der Waals surface area (Å²) in [5, 5.41) is 6.15. The molecule has 2 N–H and O–H groups in total. The number of amides is 2. The fourth-order valence-electron chi connectivity index (χ4n) is 2.54. The Hall–Kier alpha value is -2.53. The number of nitrogens with one attached hydrogen (secondary N) is 2. The SMILES string of the molecule is COc1ccccc1CNC(=O)C[C@@H](NC(C)=O)c1ccccc1Cl. The first-order valence-corrected chi connectivity index (χ1v) is 8.29. The first-order chi connectivity index (χ1) is 12.0. The highest BCUT2D eigenvalue weighted by Gasteiger charge is 2.19. The number of para-hydroxylation sites is 1. The molecule has 0 aliphatic carbocycles. The van der Waals surface area contributed by atoms with Gasteiger partial charge in [-0.15, -0.1) is 0 Å². The van der Waals surface area contributed by atoms with Crippen molar-refractivity contribution < 1.29 is 14.3 Å². The molecule has 5 nitrogen and oxygen atoms in total. The average molecular weight is 361 g/mol. The molecule has 0 saturated carbocycles. The Kier molecular flexibility index (Phi) is 6.83. The van der Waals surface area contributed by atoms with E-state index >= 15 is 0 Å². The van der Waals surface area contributed by atoms with Gasteiger partial charge in [0, 0.05) is 24.1 Å². The average Bonchev–Trinajstić information content (AvgIpc) is 2.59. The fraction of sp³-hybridized carbons (Fsp3) is 0.263. The molecule has 0 fully saturated rings. The summed E-state index contributed by atoms with van der Waals surface area (Å²) in [4.78, 5) is 23.8. The van der Waals surface area contributed by atoms with Gasteiger partial charge in [0.05, 0.1) is 19.6 Å². The van der Waals surface area contributed by atoms with E-state index in [9.17, 15) is 9.59 Å². The highest BCUT2D eigenvalue weighted by atomic mass is 35.5. The van der Waals surface area contributed by atoms with Crippen molar-refractivity contribution in [3.8, 4) is 5.75 Å². The Morgan fingerprint density at radius 1 is 1.12 bits per heavy atom. The van der Waals surface area contributed by atoms with E-state index in [2.05, 4.69) is 10.6 Å². The molecule has 0 bridgehead atoms. The van der Waals surface area contributed by atoms with Gasteiger partial charge in [0.1, 0.15) is 5.75 Å². The van der Waals surface area contributed by atoms with Crippen molar-refractivity contribution in [2.45, 2.75) is 25.9 Å². The molecule has 0 unspecified atom stereocenters. The van der Waals surface area contributed by atoms with Crippen LogP contribution in [-0.4, -0.2) is 18.9 Å². The van der Waals surface area contributed by atoms with Crippen molar-refractivity contribution >= 4 is 23.4 Å². The second-order valence-electron chi connectivity index (χ2n) is 5.57. The van der Waals surface area contributed by atoms with Crippen LogP contribution >= 0.6 is 11.6 Å². The molecule has 1 atom stereocenters. The molecule has 2 aromatic carbocycles. The normalized spacial score (nSPS) is 11.5. The van der Waals surface area contributed by atoms with Gasteiger partial charge in [-0.25, -0.2) is 0 Å². The zero-order valence-corrected chi connectivity index (χ0v) is 15.0. The molecule has 25 heavy (non-hydrogen) atoms. The van der Waals surface area contributed by atoms with Gasteiger partial charge < -0.3 is 15.4 Å². The third-order valence-corrected chi connectivity index (χ3v) is 4.06. The Bertz CT molecular complexity index is 749. The molecular weight excluding hydrogens is 340 g/mol. The topological polar surface area (TPSA) is 67.4 Å². The lowest BCUT2D eigenvalue weighted by Gasteiger charge is -2.19. The standard InChI is InChI=1S/C19H21ClN2O3/c1-13(23)22-17(15-8-4-5-9-16(15)20)11-19(24)21-12-14-7-3-6-10-18(14)25-2/h3-10,17H,11-12H2,1-2H3,(H,21,24)(H,22,23)/t17-/m1/s1. The van der Waals surface area contributed by atoms with Gasteiger partial charge in [-0.05, 0) is 17.7 Å². The van der Waals surface area contributed by atoms with E-state index in [0.717, 1.165) is 5.56 Å². The Labute approximate surface area is 152 Å². The molecule has 0 saturated heterocycles. The fourth-order valence-corrected chi connectivity index (χ4v) is 2.81. The summed E-state index contributed by atoms with van der Waals surface area (Å²) in [6.07, 6.45) is 0.0957. The molecular formula is C19H21ClN2O3. The van der Waals surface area contributed by atoms with Gasteiger partial charge in [0.15, 0.2) is 0 Å². The zero-order chi connectivity index (χ0) is 18.2. The first-order valence-electron chi connectivity index (χ1n) is 7.91. The number of hydrogen-bond acceptors (Lipinski definition) is 3. The quantitative estimate of drug-likeness (QED) is 0.796. The molecule has 6 heteroatoms. The van der Waals surface area contributed by atoms with Gasteiger partial charge in [-0.2, -0.15) is 0 Å². The van der Waals surface area contributed by atoms with E-state index in [0.29, 0.717) is 22.9 Å². The number of benzene rings is 2. The van der Waals surface area contributed by atoms with Gasteiger partial charge in [-0.1, -0.05) is 48.0 Å². The van der Waals surface area contributed by atoms with Crippen LogP contribution in [0.4, 0.5) is 0 Å². The number of ether oxygens (including phenoxy) is 1. The molecule has 2 amide bonds. The van der Waals surface area contributed by atoms with E-state index in [4.69, 9.17) is 16.3 Å². The molecule has 0 spiro atoms. The van der Waals surface area contributed by atoms with E-state index in [1.54, 1.807) is 25.3 Å². The summed E-state index contributed by atoms with van der Waals surface area (Å²) < 4.78 is 5.27. The lowest BCUT2D eigenvalue weighted by molar-refractivity contribution is -0.122. The number of halogens is 1. The second kappa shape index (κ2) is 9.08.